The van der Waals surface area contributed by atoms with E-state index >= 15 is 0 Å². The molecule has 0 saturated heterocycles. The first-order valence-electron chi connectivity index (χ1n) is 7.47. The van der Waals surface area contributed by atoms with Crippen molar-refractivity contribution in [1.82, 2.24) is 24.9 Å². The minimum Gasteiger partial charge on any atom is -0.365 e. The lowest BCUT2D eigenvalue weighted by Crippen LogP contribution is -2.00. The summed E-state index contributed by atoms with van der Waals surface area (Å²) in [4.78, 5) is 1.20. The molecule has 0 fully saturated rings. The number of fused-ring (bicyclic) bond motifs is 1. The fourth-order valence-corrected chi connectivity index (χ4v) is 2.88. The van der Waals surface area contributed by atoms with Gasteiger partial charge >= 0.3 is 0 Å². The topological polar surface area (TPSA) is 86.9 Å². The van der Waals surface area contributed by atoms with Gasteiger partial charge in [-0.3, -0.25) is 0 Å². The number of para-hydroxylation sites is 1. The number of aromatic nitrogens is 5. The van der Waals surface area contributed by atoms with E-state index in [-0.39, 0.29) is 5.95 Å². The molecule has 4 aromatic rings. The van der Waals surface area contributed by atoms with E-state index in [1.807, 2.05) is 37.4 Å². The number of hydrogen-bond donors (Lipinski definition) is 1. The van der Waals surface area contributed by atoms with E-state index in [1.165, 1.54) is 4.79 Å². The molecule has 2 aromatic heterocycles. The van der Waals surface area contributed by atoms with E-state index in [9.17, 15) is 0 Å². The second-order valence-corrected chi connectivity index (χ2v) is 5.38. The summed E-state index contributed by atoms with van der Waals surface area (Å²) in [5, 5.41) is 16.3. The maximum absolute atomic E-state index is 5.68. The number of anilines is 1. The molecule has 0 radical (unpaired) electrons. The molecule has 2 N–H and O–H groups in total. The summed E-state index contributed by atoms with van der Waals surface area (Å²) in [6.07, 6.45) is 1.75. The highest BCUT2D eigenvalue weighted by Crippen LogP contribution is 2.31. The normalized spacial score (nSPS) is 11.5. The van der Waals surface area contributed by atoms with Crippen LogP contribution in [0.25, 0.3) is 22.2 Å². The molecule has 2 heterocycles. The minimum absolute atomic E-state index is 0.146. The maximum Gasteiger partial charge on any atom is 0.263 e. The summed E-state index contributed by atoms with van der Waals surface area (Å²) >= 11 is 0. The molecule has 2 aromatic carbocycles. The third-order valence-corrected chi connectivity index (χ3v) is 3.97. The molecule has 24 heavy (non-hydrogen) atoms. The van der Waals surface area contributed by atoms with Crippen molar-refractivity contribution < 1.29 is 0 Å². The van der Waals surface area contributed by atoms with Crippen molar-refractivity contribution in [2.45, 2.75) is 0 Å². The Labute approximate surface area is 138 Å². The number of rotatable bonds is 3. The van der Waals surface area contributed by atoms with Crippen LogP contribution in [0.2, 0.25) is 0 Å². The highest BCUT2D eigenvalue weighted by Gasteiger charge is 2.15. The van der Waals surface area contributed by atoms with Gasteiger partial charge < -0.3 is 10.3 Å². The van der Waals surface area contributed by atoms with Crippen LogP contribution in [0.1, 0.15) is 5.56 Å². The summed E-state index contributed by atoms with van der Waals surface area (Å²) in [6.45, 7) is 0. The lowest BCUT2D eigenvalue weighted by Gasteiger charge is -2.05. The molecule has 0 spiro atoms. The van der Waals surface area contributed by atoms with Gasteiger partial charge in [-0.05, 0) is 22.1 Å². The summed E-state index contributed by atoms with van der Waals surface area (Å²) in [6, 6.07) is 18.4. The van der Waals surface area contributed by atoms with Crippen molar-refractivity contribution in [3.05, 3.63) is 60.2 Å². The number of hydrogen-bond acceptors (Lipinski definition) is 5. The van der Waals surface area contributed by atoms with Crippen molar-refractivity contribution >= 4 is 23.1 Å². The zero-order valence-corrected chi connectivity index (χ0v) is 13.0. The zero-order chi connectivity index (χ0) is 16.5. The highest BCUT2D eigenvalue weighted by atomic mass is 15.7. The summed E-state index contributed by atoms with van der Waals surface area (Å²) in [7, 11) is 2.05. The lowest BCUT2D eigenvalue weighted by molar-refractivity contribution is 0.700. The van der Waals surface area contributed by atoms with Gasteiger partial charge in [0.15, 0.2) is 0 Å². The predicted octanol–water partition coefficient (Wildman–Crippen LogP) is 2.30. The monoisotopic (exact) mass is 317 g/mol. The van der Waals surface area contributed by atoms with Gasteiger partial charge in [-0.25, -0.2) is 0 Å². The molecule has 0 unspecified atom stereocenters. The van der Waals surface area contributed by atoms with Gasteiger partial charge in [-0.1, -0.05) is 58.4 Å². The maximum atomic E-state index is 5.68. The van der Waals surface area contributed by atoms with Crippen molar-refractivity contribution in [1.29, 1.82) is 0 Å². The van der Waals surface area contributed by atoms with Crippen molar-refractivity contribution in [2.24, 2.45) is 12.1 Å². The average Bonchev–Trinajstić information content (AvgIpc) is 3.15. The lowest BCUT2D eigenvalue weighted by atomic mass is 10.1. The molecular formula is C17H15N7. The Hall–Kier alpha value is -3.48. The Bertz CT molecular complexity index is 1030. The second kappa shape index (κ2) is 5.62. The van der Waals surface area contributed by atoms with Crippen molar-refractivity contribution in [3.8, 4) is 11.3 Å². The van der Waals surface area contributed by atoms with E-state index < -0.39 is 0 Å². The Kier molecular flexibility index (Phi) is 3.31. The standard InChI is InChI=1S/C17H15N7/c1-23-15-10-6-5-9-13(15)14(11-19-24-17(18)20-21-22-24)16(23)12-7-3-2-4-8-12/h2-11H,1H3,(H2,18,20,22)/b19-11-. The van der Waals surface area contributed by atoms with E-state index in [4.69, 9.17) is 5.73 Å². The van der Waals surface area contributed by atoms with Crippen LogP contribution < -0.4 is 5.73 Å². The number of nitrogens with zero attached hydrogens (tertiary/aromatic N) is 6. The predicted molar refractivity (Wildman–Crippen MR) is 93.6 cm³/mol. The van der Waals surface area contributed by atoms with E-state index in [0.717, 1.165) is 27.7 Å². The van der Waals surface area contributed by atoms with Crippen LogP contribution in [0, 0.1) is 0 Å². The third kappa shape index (κ3) is 2.23. The Balaban J connectivity index is 1.96. The minimum atomic E-state index is 0.146. The van der Waals surface area contributed by atoms with E-state index in [0.29, 0.717) is 0 Å². The van der Waals surface area contributed by atoms with Gasteiger partial charge in [-0.15, -0.1) is 0 Å². The largest absolute Gasteiger partial charge is 0.365 e. The Morgan fingerprint density at radius 1 is 1.04 bits per heavy atom. The molecule has 7 heteroatoms. The molecule has 0 aliphatic rings. The first kappa shape index (κ1) is 14.1. The number of nitrogen functional groups attached to an aromatic ring is 1. The SMILES string of the molecule is Cn1c(-c2ccccc2)c(/C=N\n2nnnc2N)c2ccccc21. The molecule has 0 bridgehead atoms. The fourth-order valence-electron chi connectivity index (χ4n) is 2.88. The van der Waals surface area contributed by atoms with Crippen LogP contribution in [0.3, 0.4) is 0 Å². The summed E-state index contributed by atoms with van der Waals surface area (Å²) in [5.41, 5.74) is 9.99. The smallest absolute Gasteiger partial charge is 0.263 e. The van der Waals surface area contributed by atoms with Crippen LogP contribution >= 0.6 is 0 Å². The van der Waals surface area contributed by atoms with Gasteiger partial charge in [0.25, 0.3) is 5.95 Å². The highest BCUT2D eigenvalue weighted by molar-refractivity contribution is 6.06. The first-order chi connectivity index (χ1) is 11.8. The van der Waals surface area contributed by atoms with Crippen LogP contribution in [0.15, 0.2) is 59.7 Å². The van der Waals surface area contributed by atoms with Crippen LogP contribution in [-0.2, 0) is 7.05 Å². The number of aryl methyl sites for hydroxylation is 1. The fraction of sp³-hybridized carbons (Fsp3) is 0.0588. The molecule has 0 saturated carbocycles. The number of tetrazole rings is 1. The first-order valence-corrected chi connectivity index (χ1v) is 7.47. The quantitative estimate of drug-likeness (QED) is 0.587. The molecular weight excluding hydrogens is 302 g/mol. The molecule has 7 nitrogen and oxygen atoms in total. The average molecular weight is 317 g/mol. The molecule has 4 rings (SSSR count). The van der Waals surface area contributed by atoms with Crippen molar-refractivity contribution in [2.75, 3.05) is 5.73 Å². The van der Waals surface area contributed by atoms with E-state index in [1.54, 1.807) is 6.21 Å². The van der Waals surface area contributed by atoms with E-state index in [2.05, 4.69) is 49.5 Å². The zero-order valence-electron chi connectivity index (χ0n) is 13.0. The number of nitrogens with two attached hydrogens (primary N) is 1. The third-order valence-electron chi connectivity index (χ3n) is 3.97. The molecule has 0 aliphatic heterocycles. The Morgan fingerprint density at radius 3 is 2.54 bits per heavy atom. The second-order valence-electron chi connectivity index (χ2n) is 5.38. The Morgan fingerprint density at radius 2 is 1.79 bits per heavy atom. The van der Waals surface area contributed by atoms with Gasteiger partial charge in [0.2, 0.25) is 0 Å². The molecule has 0 amide bonds. The van der Waals surface area contributed by atoms with Crippen molar-refractivity contribution in [3.63, 3.8) is 0 Å². The summed E-state index contributed by atoms with van der Waals surface area (Å²) in [5.74, 6) is 0.146. The van der Waals surface area contributed by atoms with Gasteiger partial charge in [-0.2, -0.15) is 5.10 Å². The summed E-state index contributed by atoms with van der Waals surface area (Å²) < 4.78 is 2.16. The molecule has 0 atom stereocenters. The van der Waals surface area contributed by atoms with Crippen LogP contribution in [-0.4, -0.2) is 31.1 Å². The van der Waals surface area contributed by atoms with Crippen LogP contribution in [0.4, 0.5) is 5.95 Å². The number of benzene rings is 2. The van der Waals surface area contributed by atoms with Gasteiger partial charge in [0, 0.05) is 23.5 Å². The van der Waals surface area contributed by atoms with Crippen LogP contribution in [0.5, 0.6) is 0 Å². The molecule has 0 aliphatic carbocycles. The van der Waals surface area contributed by atoms with Gasteiger partial charge in [0.1, 0.15) is 0 Å². The molecule has 118 valence electrons. The van der Waals surface area contributed by atoms with Gasteiger partial charge in [0.05, 0.1) is 11.9 Å².